The third-order valence-corrected chi connectivity index (χ3v) is 10.6. The molecule has 11 rings (SSSR count). The van der Waals surface area contributed by atoms with Gasteiger partial charge in [0, 0.05) is 44.0 Å². The van der Waals surface area contributed by atoms with E-state index in [9.17, 15) is 0 Å². The summed E-state index contributed by atoms with van der Waals surface area (Å²) in [5.74, 6) is 0. The van der Waals surface area contributed by atoms with E-state index in [2.05, 4.69) is 191 Å². The summed E-state index contributed by atoms with van der Waals surface area (Å²) < 4.78 is 16.0. The number of para-hydroxylation sites is 6. The Morgan fingerprint density at radius 2 is 0.981 bits per heavy atom. The maximum Gasteiger partial charge on any atom is 0.161 e. The van der Waals surface area contributed by atoms with Crippen LogP contribution in [0.4, 0.5) is 17.1 Å². The van der Waals surface area contributed by atoms with Crippen molar-refractivity contribution in [1.29, 1.82) is 0 Å². The summed E-state index contributed by atoms with van der Waals surface area (Å²) in [6.45, 7) is 0. The van der Waals surface area contributed by atoms with Crippen molar-refractivity contribution in [2.45, 2.75) is 0 Å². The van der Waals surface area contributed by atoms with E-state index in [0.29, 0.717) is 0 Å². The minimum Gasteiger partial charge on any atom is -0.454 e. The van der Waals surface area contributed by atoms with Gasteiger partial charge < -0.3 is 18.3 Å². The first kappa shape index (κ1) is 30.3. The first-order valence-corrected chi connectivity index (χ1v) is 18.3. The van der Waals surface area contributed by atoms with Crippen LogP contribution in [0.15, 0.2) is 203 Å². The highest BCUT2D eigenvalue weighted by atomic mass is 16.3. The molecule has 0 radical (unpaired) electrons. The first-order valence-electron chi connectivity index (χ1n) is 18.3. The quantitative estimate of drug-likeness (QED) is 0.174. The molecule has 8 aromatic carbocycles. The molecule has 0 unspecified atom stereocenters. The molecule has 0 N–H and O–H groups in total. The second-order valence-corrected chi connectivity index (χ2v) is 13.7. The summed E-state index contributed by atoms with van der Waals surface area (Å²) in [4.78, 5) is 2.33. The fourth-order valence-corrected chi connectivity index (χ4v) is 8.20. The normalized spacial score (nSPS) is 11.7. The van der Waals surface area contributed by atoms with Crippen LogP contribution in [-0.4, -0.2) is 4.57 Å². The van der Waals surface area contributed by atoms with Gasteiger partial charge in [-0.05, 0) is 71.8 Å². The maximum absolute atomic E-state index is 7.02. The number of aromatic nitrogens is 1. The smallest absolute Gasteiger partial charge is 0.161 e. The molecule has 0 spiro atoms. The number of hydrogen-bond acceptors (Lipinski definition) is 3. The molecular weight excluding hydrogens is 661 g/mol. The molecular formula is C50H32N2O2. The van der Waals surface area contributed by atoms with Crippen LogP contribution in [0.3, 0.4) is 0 Å². The number of nitrogens with zero attached hydrogens (tertiary/aromatic N) is 2. The van der Waals surface area contributed by atoms with Crippen LogP contribution in [0.1, 0.15) is 0 Å². The Balaban J connectivity index is 1.17. The van der Waals surface area contributed by atoms with Gasteiger partial charge in [-0.2, -0.15) is 0 Å². The lowest BCUT2D eigenvalue weighted by molar-refractivity contribution is 0.669. The third-order valence-electron chi connectivity index (χ3n) is 10.6. The Bertz CT molecular complexity index is 3150. The zero-order chi connectivity index (χ0) is 35.6. The lowest BCUT2D eigenvalue weighted by atomic mass is 9.99. The fourth-order valence-electron chi connectivity index (χ4n) is 8.20. The molecule has 0 aliphatic rings. The maximum atomic E-state index is 7.02. The summed E-state index contributed by atoms with van der Waals surface area (Å²) in [6.07, 6.45) is 0. The Kier molecular flexibility index (Phi) is 6.82. The van der Waals surface area contributed by atoms with Crippen LogP contribution in [-0.2, 0) is 0 Å². The molecule has 0 aliphatic heterocycles. The number of hydrogen-bond donors (Lipinski definition) is 0. The van der Waals surface area contributed by atoms with Gasteiger partial charge in [-0.1, -0.05) is 133 Å². The second kappa shape index (κ2) is 12.1. The molecule has 54 heavy (non-hydrogen) atoms. The Hall–Kier alpha value is -7.30. The number of anilines is 3. The van der Waals surface area contributed by atoms with E-state index in [0.717, 1.165) is 94.4 Å². The van der Waals surface area contributed by atoms with E-state index in [1.165, 1.54) is 5.56 Å². The lowest BCUT2D eigenvalue weighted by Crippen LogP contribution is -2.11. The van der Waals surface area contributed by atoms with Gasteiger partial charge >= 0.3 is 0 Å². The van der Waals surface area contributed by atoms with E-state index in [4.69, 9.17) is 8.83 Å². The van der Waals surface area contributed by atoms with Gasteiger partial charge in [0.15, 0.2) is 11.2 Å². The molecule has 0 fully saturated rings. The molecule has 254 valence electrons. The zero-order valence-corrected chi connectivity index (χ0v) is 29.2. The highest BCUT2D eigenvalue weighted by Gasteiger charge is 2.25. The highest BCUT2D eigenvalue weighted by Crippen LogP contribution is 2.48. The zero-order valence-electron chi connectivity index (χ0n) is 29.2. The summed E-state index contributed by atoms with van der Waals surface area (Å²) in [7, 11) is 0. The van der Waals surface area contributed by atoms with E-state index in [1.807, 2.05) is 12.1 Å². The van der Waals surface area contributed by atoms with E-state index in [-0.39, 0.29) is 0 Å². The third kappa shape index (κ3) is 4.64. The van der Waals surface area contributed by atoms with Gasteiger partial charge in [0.2, 0.25) is 0 Å². The van der Waals surface area contributed by atoms with Crippen LogP contribution in [0.25, 0.3) is 82.9 Å². The SMILES string of the molecule is c1ccc(-c2ccc(N(c3ccccc3-c3cccc4c3oc3c5ccccc5n(-c5ccccc5)c43)c3cccc4c3oc3ccccc34)cc2)cc1. The average molecular weight is 693 g/mol. The molecule has 0 saturated heterocycles. The Labute approximate surface area is 311 Å². The summed E-state index contributed by atoms with van der Waals surface area (Å²) in [5, 5.41) is 4.33. The fraction of sp³-hybridized carbons (Fsp3) is 0. The van der Waals surface area contributed by atoms with Crippen LogP contribution in [0.5, 0.6) is 0 Å². The van der Waals surface area contributed by atoms with Crippen molar-refractivity contribution in [2.75, 3.05) is 4.90 Å². The topological polar surface area (TPSA) is 34.5 Å². The molecule has 0 saturated carbocycles. The van der Waals surface area contributed by atoms with Crippen LogP contribution in [0.2, 0.25) is 0 Å². The largest absolute Gasteiger partial charge is 0.454 e. The van der Waals surface area contributed by atoms with Gasteiger partial charge in [0.05, 0.1) is 16.9 Å². The number of fused-ring (bicyclic) bond motifs is 8. The van der Waals surface area contributed by atoms with Crippen molar-refractivity contribution < 1.29 is 8.83 Å². The minimum atomic E-state index is 0.839. The van der Waals surface area contributed by atoms with Crippen molar-refractivity contribution in [3.8, 4) is 27.9 Å². The van der Waals surface area contributed by atoms with Gasteiger partial charge in [-0.25, -0.2) is 0 Å². The molecule has 3 aromatic heterocycles. The van der Waals surface area contributed by atoms with E-state index >= 15 is 0 Å². The first-order chi connectivity index (χ1) is 26.8. The molecule has 0 bridgehead atoms. The molecule has 0 amide bonds. The standard InChI is InChI=1S/C50H32N2O2/c1-3-15-33(16-4-1)34-29-31-36(32-30-34)51(45-27-14-23-40-38-20-9-12-28-46(38)53-49(40)45)43-25-10-7-19-37(43)39-22-13-24-42-47-50(54-48(39)42)41-21-8-11-26-44(41)52(47)35-17-5-2-6-18-35/h1-32H. The van der Waals surface area contributed by atoms with Crippen molar-refractivity contribution in [1.82, 2.24) is 4.57 Å². The van der Waals surface area contributed by atoms with Gasteiger partial charge in [-0.15, -0.1) is 0 Å². The molecule has 3 heterocycles. The van der Waals surface area contributed by atoms with Crippen molar-refractivity contribution in [3.05, 3.63) is 194 Å². The van der Waals surface area contributed by atoms with Crippen LogP contribution in [0, 0.1) is 0 Å². The molecule has 0 atom stereocenters. The van der Waals surface area contributed by atoms with Gasteiger partial charge in [0.25, 0.3) is 0 Å². The predicted octanol–water partition coefficient (Wildman–Crippen LogP) is 14.2. The monoisotopic (exact) mass is 692 g/mol. The summed E-state index contributed by atoms with van der Waals surface area (Å²) in [6, 6.07) is 68.2. The van der Waals surface area contributed by atoms with Crippen LogP contribution < -0.4 is 4.90 Å². The minimum absolute atomic E-state index is 0.839. The van der Waals surface area contributed by atoms with Crippen molar-refractivity contribution in [2.24, 2.45) is 0 Å². The van der Waals surface area contributed by atoms with E-state index < -0.39 is 0 Å². The lowest BCUT2D eigenvalue weighted by Gasteiger charge is -2.28. The summed E-state index contributed by atoms with van der Waals surface area (Å²) >= 11 is 0. The Morgan fingerprint density at radius 3 is 1.83 bits per heavy atom. The van der Waals surface area contributed by atoms with Crippen LogP contribution >= 0.6 is 0 Å². The van der Waals surface area contributed by atoms with Gasteiger partial charge in [-0.3, -0.25) is 0 Å². The van der Waals surface area contributed by atoms with Gasteiger partial charge in [0.1, 0.15) is 16.7 Å². The Morgan fingerprint density at radius 1 is 0.370 bits per heavy atom. The van der Waals surface area contributed by atoms with E-state index in [1.54, 1.807) is 0 Å². The summed E-state index contributed by atoms with van der Waals surface area (Å²) in [5.41, 5.74) is 14.1. The predicted molar refractivity (Wildman–Crippen MR) is 223 cm³/mol. The number of furan rings is 2. The second-order valence-electron chi connectivity index (χ2n) is 13.7. The average Bonchev–Trinajstić information content (AvgIpc) is 3.92. The molecule has 11 aromatic rings. The molecule has 0 aliphatic carbocycles. The van der Waals surface area contributed by atoms with Crippen molar-refractivity contribution >= 4 is 72.0 Å². The molecule has 4 heteroatoms. The highest BCUT2D eigenvalue weighted by molar-refractivity contribution is 6.19. The number of rotatable bonds is 6. The van der Waals surface area contributed by atoms with Crippen molar-refractivity contribution in [3.63, 3.8) is 0 Å². The molecule has 4 nitrogen and oxygen atoms in total. The number of benzene rings is 8.